The van der Waals surface area contributed by atoms with E-state index in [1.807, 2.05) is 41.3 Å². The molecule has 3 aliphatic rings. The SMILES string of the molecule is CC(O)(C(=O)N1CCC(N2CC(Nc3ccc(C(=O)N4CCCCC4)c(Cl)c3)C2)CC1)c1ccccc1. The molecule has 0 spiro atoms. The van der Waals surface area contributed by atoms with Crippen molar-refractivity contribution in [3.8, 4) is 0 Å². The molecular formula is C29H37ClN4O3. The highest BCUT2D eigenvalue weighted by molar-refractivity contribution is 6.34. The molecule has 0 aliphatic carbocycles. The molecule has 2 N–H and O–H groups in total. The summed E-state index contributed by atoms with van der Waals surface area (Å²) in [6.45, 7) is 6.40. The van der Waals surface area contributed by atoms with Crippen LogP contribution in [0.15, 0.2) is 48.5 Å². The number of hydrogen-bond acceptors (Lipinski definition) is 5. The number of piperidine rings is 2. The molecule has 2 aromatic rings. The fourth-order valence-corrected chi connectivity index (χ4v) is 6.07. The minimum absolute atomic E-state index is 0.0289. The zero-order valence-corrected chi connectivity index (χ0v) is 22.3. The molecule has 0 bridgehead atoms. The Morgan fingerprint density at radius 1 is 0.946 bits per heavy atom. The number of nitrogens with zero attached hydrogens (tertiary/aromatic N) is 3. The van der Waals surface area contributed by atoms with Crippen molar-refractivity contribution in [1.29, 1.82) is 0 Å². The first kappa shape index (κ1) is 26.0. The zero-order valence-electron chi connectivity index (χ0n) is 21.5. The van der Waals surface area contributed by atoms with E-state index in [1.54, 1.807) is 24.0 Å². The van der Waals surface area contributed by atoms with Crippen molar-refractivity contribution in [2.24, 2.45) is 0 Å². The third-order valence-electron chi connectivity index (χ3n) is 8.14. The molecule has 2 amide bonds. The van der Waals surface area contributed by atoms with Gasteiger partial charge < -0.3 is 20.2 Å². The van der Waals surface area contributed by atoms with Gasteiger partial charge in [-0.1, -0.05) is 41.9 Å². The minimum Gasteiger partial charge on any atom is -0.380 e. The van der Waals surface area contributed by atoms with Gasteiger partial charge in [0.05, 0.1) is 16.6 Å². The maximum Gasteiger partial charge on any atom is 0.258 e. The highest BCUT2D eigenvalue weighted by atomic mass is 35.5. The summed E-state index contributed by atoms with van der Waals surface area (Å²) in [5.74, 6) is -0.194. The number of amides is 2. The third-order valence-corrected chi connectivity index (χ3v) is 8.46. The molecule has 1 atom stereocenters. The van der Waals surface area contributed by atoms with Crippen LogP contribution in [0.5, 0.6) is 0 Å². The third kappa shape index (κ3) is 5.64. The Bertz CT molecular complexity index is 1110. The highest BCUT2D eigenvalue weighted by Crippen LogP contribution is 2.29. The Labute approximate surface area is 224 Å². The summed E-state index contributed by atoms with van der Waals surface area (Å²) in [6.07, 6.45) is 5.12. The van der Waals surface area contributed by atoms with E-state index in [-0.39, 0.29) is 11.8 Å². The zero-order chi connectivity index (χ0) is 26.0. The van der Waals surface area contributed by atoms with Crippen LogP contribution in [-0.2, 0) is 10.4 Å². The Balaban J connectivity index is 1.08. The lowest BCUT2D eigenvalue weighted by Crippen LogP contribution is -2.61. The monoisotopic (exact) mass is 524 g/mol. The molecule has 0 radical (unpaired) electrons. The van der Waals surface area contributed by atoms with Crippen LogP contribution in [0.2, 0.25) is 5.02 Å². The van der Waals surface area contributed by atoms with Crippen molar-refractivity contribution in [3.63, 3.8) is 0 Å². The van der Waals surface area contributed by atoms with E-state index in [2.05, 4.69) is 10.2 Å². The Morgan fingerprint density at radius 2 is 1.62 bits per heavy atom. The topological polar surface area (TPSA) is 76.1 Å². The molecule has 0 saturated carbocycles. The Hall–Kier alpha value is -2.61. The first-order chi connectivity index (χ1) is 17.8. The van der Waals surface area contributed by atoms with Crippen LogP contribution in [-0.4, -0.2) is 83.0 Å². The average Bonchev–Trinajstić information content (AvgIpc) is 2.91. The molecule has 3 aliphatic heterocycles. The summed E-state index contributed by atoms with van der Waals surface area (Å²) in [5, 5.41) is 15.0. The number of carbonyl (C=O) groups is 2. The smallest absolute Gasteiger partial charge is 0.258 e. The normalized spacial score (nSPS) is 21.3. The van der Waals surface area contributed by atoms with Crippen molar-refractivity contribution < 1.29 is 14.7 Å². The van der Waals surface area contributed by atoms with Gasteiger partial charge in [0.25, 0.3) is 11.8 Å². The lowest BCUT2D eigenvalue weighted by atomic mass is 9.92. The molecule has 0 aromatic heterocycles. The van der Waals surface area contributed by atoms with Crippen LogP contribution in [0.25, 0.3) is 0 Å². The van der Waals surface area contributed by atoms with Crippen molar-refractivity contribution in [3.05, 3.63) is 64.7 Å². The number of likely N-dealkylation sites (tertiary alicyclic amines) is 3. The van der Waals surface area contributed by atoms with Crippen LogP contribution in [0, 0.1) is 0 Å². The second kappa shape index (κ2) is 11.0. The molecule has 1 unspecified atom stereocenters. The summed E-state index contributed by atoms with van der Waals surface area (Å²) in [6, 6.07) is 15.6. The van der Waals surface area contributed by atoms with Gasteiger partial charge >= 0.3 is 0 Å². The Morgan fingerprint density at radius 3 is 2.27 bits per heavy atom. The van der Waals surface area contributed by atoms with Gasteiger partial charge in [0.15, 0.2) is 5.60 Å². The minimum atomic E-state index is -1.50. The fourth-order valence-electron chi connectivity index (χ4n) is 5.81. The predicted molar refractivity (Wildman–Crippen MR) is 146 cm³/mol. The van der Waals surface area contributed by atoms with E-state index in [0.29, 0.717) is 41.3 Å². The summed E-state index contributed by atoms with van der Waals surface area (Å²) in [5.41, 5.74) is 0.641. The molecule has 7 nitrogen and oxygen atoms in total. The van der Waals surface area contributed by atoms with E-state index < -0.39 is 5.60 Å². The number of aliphatic hydroxyl groups is 1. The van der Waals surface area contributed by atoms with E-state index in [9.17, 15) is 14.7 Å². The van der Waals surface area contributed by atoms with Gasteiger partial charge in [-0.3, -0.25) is 14.5 Å². The van der Waals surface area contributed by atoms with Gasteiger partial charge in [0, 0.05) is 51.0 Å². The highest BCUT2D eigenvalue weighted by Gasteiger charge is 2.40. The second-order valence-corrected chi connectivity index (χ2v) is 11.2. The molecule has 8 heteroatoms. The number of halogens is 1. The quantitative estimate of drug-likeness (QED) is 0.598. The summed E-state index contributed by atoms with van der Waals surface area (Å²) in [4.78, 5) is 32.0. The first-order valence-corrected chi connectivity index (χ1v) is 13.9. The maximum absolute atomic E-state index is 13.0. The van der Waals surface area contributed by atoms with Crippen LogP contribution in [0.1, 0.15) is 54.9 Å². The number of nitrogens with one attached hydrogen (secondary N) is 1. The van der Waals surface area contributed by atoms with Crippen LogP contribution in [0.4, 0.5) is 5.69 Å². The lowest BCUT2D eigenvalue weighted by Gasteiger charge is -2.48. The van der Waals surface area contributed by atoms with E-state index >= 15 is 0 Å². The first-order valence-electron chi connectivity index (χ1n) is 13.5. The van der Waals surface area contributed by atoms with Crippen molar-refractivity contribution in [2.45, 2.75) is 56.7 Å². The molecule has 198 valence electrons. The number of hydrogen-bond donors (Lipinski definition) is 2. The van der Waals surface area contributed by atoms with Crippen LogP contribution < -0.4 is 5.32 Å². The maximum atomic E-state index is 13.0. The molecule has 37 heavy (non-hydrogen) atoms. The van der Waals surface area contributed by atoms with Crippen molar-refractivity contribution in [2.75, 3.05) is 44.6 Å². The number of anilines is 1. The van der Waals surface area contributed by atoms with Crippen molar-refractivity contribution >= 4 is 29.1 Å². The molecule has 3 saturated heterocycles. The Kier molecular flexibility index (Phi) is 7.75. The van der Waals surface area contributed by atoms with Crippen LogP contribution >= 0.6 is 11.6 Å². The van der Waals surface area contributed by atoms with Gasteiger partial charge in [0.2, 0.25) is 0 Å². The lowest BCUT2D eigenvalue weighted by molar-refractivity contribution is -0.152. The summed E-state index contributed by atoms with van der Waals surface area (Å²) < 4.78 is 0. The standard InChI is InChI=1S/C29H37ClN4O3/c1-29(37,21-8-4-2-5-9-21)28(36)33-16-12-24(13-17-33)34-19-23(20-34)31-22-10-11-25(26(30)18-22)27(35)32-14-6-3-7-15-32/h2,4-5,8-11,18,23-24,31,37H,3,6-7,12-17,19-20H2,1H3. The predicted octanol–water partition coefficient (Wildman–Crippen LogP) is 3.96. The van der Waals surface area contributed by atoms with Gasteiger partial charge in [-0.25, -0.2) is 0 Å². The number of carbonyl (C=O) groups excluding carboxylic acids is 2. The van der Waals surface area contributed by atoms with Gasteiger partial charge in [-0.05, 0) is 62.8 Å². The molecular weight excluding hydrogens is 488 g/mol. The average molecular weight is 525 g/mol. The summed E-state index contributed by atoms with van der Waals surface area (Å²) >= 11 is 6.50. The van der Waals surface area contributed by atoms with Gasteiger partial charge in [0.1, 0.15) is 0 Å². The number of benzene rings is 2. The van der Waals surface area contributed by atoms with E-state index in [4.69, 9.17) is 11.6 Å². The molecule has 2 aromatic carbocycles. The molecule has 3 fully saturated rings. The van der Waals surface area contributed by atoms with Crippen molar-refractivity contribution in [1.82, 2.24) is 14.7 Å². The second-order valence-electron chi connectivity index (χ2n) is 10.8. The molecule has 3 heterocycles. The van der Waals surface area contributed by atoms with Gasteiger partial charge in [-0.15, -0.1) is 0 Å². The van der Waals surface area contributed by atoms with Gasteiger partial charge in [-0.2, -0.15) is 0 Å². The van der Waals surface area contributed by atoms with Crippen LogP contribution in [0.3, 0.4) is 0 Å². The number of rotatable bonds is 6. The molecule has 5 rings (SSSR count). The van der Waals surface area contributed by atoms with E-state index in [1.165, 1.54) is 6.42 Å². The fraction of sp³-hybridized carbons (Fsp3) is 0.517. The summed E-state index contributed by atoms with van der Waals surface area (Å²) in [7, 11) is 0. The van der Waals surface area contributed by atoms with E-state index in [0.717, 1.165) is 57.5 Å². The largest absolute Gasteiger partial charge is 0.380 e.